The molecule has 7 aliphatic heterocycles. The Balaban J connectivity index is 0.000000115. The van der Waals surface area contributed by atoms with Crippen molar-refractivity contribution in [3.05, 3.63) is 190 Å². The van der Waals surface area contributed by atoms with Gasteiger partial charge in [0.05, 0.1) is 43.5 Å². The van der Waals surface area contributed by atoms with Gasteiger partial charge in [0.1, 0.15) is 17.7 Å². The molecular formula is C76H90ClN11O7. The first kappa shape index (κ1) is 65.8. The van der Waals surface area contributed by atoms with E-state index < -0.39 is 0 Å². The van der Waals surface area contributed by atoms with Crippen LogP contribution in [0, 0.1) is 18.8 Å². The predicted octanol–water partition coefficient (Wildman–Crippen LogP) is 11.0. The molecule has 0 radical (unpaired) electrons. The van der Waals surface area contributed by atoms with Crippen molar-refractivity contribution in [3.8, 4) is 0 Å². The molecule has 5 aromatic carbocycles. The van der Waals surface area contributed by atoms with E-state index in [1.54, 1.807) is 17.1 Å². The van der Waals surface area contributed by atoms with E-state index in [1.165, 1.54) is 36.1 Å². The average Bonchev–Trinajstić information content (AvgIpc) is 1.74. The number of ketones is 2. The lowest BCUT2D eigenvalue weighted by Gasteiger charge is -2.54. The zero-order chi connectivity index (χ0) is 65.7. The molecule has 3 N–H and O–H groups in total. The van der Waals surface area contributed by atoms with Gasteiger partial charge in [-0.2, -0.15) is 5.10 Å². The summed E-state index contributed by atoms with van der Waals surface area (Å²) in [7, 11) is 6.19. The molecule has 0 saturated carbocycles. The van der Waals surface area contributed by atoms with Crippen LogP contribution in [0.5, 0.6) is 0 Å². The second kappa shape index (κ2) is 29.7. The Labute approximate surface area is 561 Å². The molecule has 18 nitrogen and oxygen atoms in total. The van der Waals surface area contributed by atoms with Gasteiger partial charge in [0, 0.05) is 170 Å². The Hall–Kier alpha value is -7.81. The second-order valence-electron chi connectivity index (χ2n) is 27.1. The molecule has 6 bridgehead atoms. The summed E-state index contributed by atoms with van der Waals surface area (Å²) in [4.78, 5) is 67.5. The van der Waals surface area contributed by atoms with Crippen LogP contribution in [0.15, 0.2) is 146 Å². The topological polar surface area (TPSA) is 188 Å². The summed E-state index contributed by atoms with van der Waals surface area (Å²) >= 11 is 6.09. The third-order valence-corrected chi connectivity index (χ3v) is 21.7. The lowest BCUT2D eigenvalue weighted by Crippen LogP contribution is -2.63. The summed E-state index contributed by atoms with van der Waals surface area (Å²) in [6.45, 7) is 9.52. The number of imidazole rings is 1. The first-order valence-electron chi connectivity index (χ1n) is 34.3. The number of esters is 1. The third-order valence-electron chi connectivity index (χ3n) is 21.4. The summed E-state index contributed by atoms with van der Waals surface area (Å²) in [6, 6.07) is 45.3. The zero-order valence-electron chi connectivity index (χ0n) is 55.2. The SMILES string of the molecule is CN1[C@@H]2CCC[C@H]1C[C@@H](NC(=O)c1nn(C)c3ccccc13)C2.Cc1nccn1CC1CCc2c(c3ccccc3n2C)C1=O.O=C(O[C@@H]1C[C@@H]2C[C@@H]3C[C@H](C1)N2CC3=O)c1c[nH]c2ccccc12.OCCOCCN1CCN(C(c2ccccc2)c2ccc(Cl)cc2)CC1. The van der Waals surface area contributed by atoms with Crippen molar-refractivity contribution in [2.45, 2.75) is 126 Å². The number of aryl methyl sites for hydroxylation is 3. The number of carbonyl (C=O) groups excluding carboxylic acids is 4. The summed E-state index contributed by atoms with van der Waals surface area (Å²) < 4.78 is 17.3. The van der Waals surface area contributed by atoms with Crippen LogP contribution in [-0.4, -0.2) is 179 Å². The van der Waals surface area contributed by atoms with Gasteiger partial charge in [-0.15, -0.1) is 0 Å². The van der Waals surface area contributed by atoms with Gasteiger partial charge in [-0.3, -0.25) is 33.8 Å². The number of amides is 1. The van der Waals surface area contributed by atoms with Crippen LogP contribution in [-0.2, 0) is 41.3 Å². The molecule has 1 amide bonds. The fourth-order valence-corrected chi connectivity index (χ4v) is 16.5. The minimum Gasteiger partial charge on any atom is -0.459 e. The number of piperidine rings is 6. The normalized spacial score (nSPS) is 24.4. The Bertz CT molecular complexity index is 4100. The van der Waals surface area contributed by atoms with E-state index in [9.17, 15) is 19.2 Å². The Morgan fingerprint density at radius 3 is 2.09 bits per heavy atom. The van der Waals surface area contributed by atoms with Crippen molar-refractivity contribution in [2.75, 3.05) is 66.1 Å². The molecule has 10 atom stereocenters. The molecule has 1 aliphatic carbocycles. The number of hydrogen-bond donors (Lipinski definition) is 3. The fraction of sp³-hybridized carbons (Fsp3) is 0.447. The summed E-state index contributed by atoms with van der Waals surface area (Å²) in [5.41, 5.74) is 8.97. The Morgan fingerprint density at radius 1 is 0.737 bits per heavy atom. The maximum atomic E-state index is 13.0. The molecule has 9 aromatic rings. The molecule has 11 heterocycles. The molecule has 19 heteroatoms. The average molecular weight is 1310 g/mol. The largest absolute Gasteiger partial charge is 0.459 e. The number of carbonyl (C=O) groups is 4. The van der Waals surface area contributed by atoms with E-state index in [4.69, 9.17) is 26.2 Å². The number of benzene rings is 5. The number of nitrogens with zero attached hydrogens (tertiary/aromatic N) is 9. The maximum Gasteiger partial charge on any atom is 0.340 e. The minimum atomic E-state index is -0.242. The van der Waals surface area contributed by atoms with E-state index in [1.807, 2.05) is 93.0 Å². The molecule has 7 saturated heterocycles. The highest BCUT2D eigenvalue weighted by Gasteiger charge is 2.49. The van der Waals surface area contributed by atoms with Crippen LogP contribution in [0.3, 0.4) is 0 Å². The van der Waals surface area contributed by atoms with Gasteiger partial charge in [-0.1, -0.05) is 115 Å². The van der Waals surface area contributed by atoms with Crippen LogP contribution < -0.4 is 5.32 Å². The number of rotatable bonds is 14. The summed E-state index contributed by atoms with van der Waals surface area (Å²) in [5, 5.41) is 20.2. The number of aromatic nitrogens is 6. The molecule has 3 unspecified atom stereocenters. The van der Waals surface area contributed by atoms with Gasteiger partial charge >= 0.3 is 5.97 Å². The number of ether oxygens (including phenoxy) is 2. The summed E-state index contributed by atoms with van der Waals surface area (Å²) in [6.07, 6.45) is 16.9. The lowest BCUT2D eigenvalue weighted by molar-refractivity contribution is -0.145. The van der Waals surface area contributed by atoms with E-state index in [2.05, 4.69) is 118 Å². The van der Waals surface area contributed by atoms with Gasteiger partial charge in [-0.05, 0) is 107 Å². The first-order chi connectivity index (χ1) is 46.3. The molecule has 17 rings (SSSR count). The number of Topliss-reactive ketones (excluding diaryl/α,β-unsaturated/α-hetero) is 2. The minimum absolute atomic E-state index is 0.0329. The Morgan fingerprint density at radius 2 is 1.40 bits per heavy atom. The van der Waals surface area contributed by atoms with Crippen LogP contribution in [0.1, 0.15) is 124 Å². The number of aliphatic hydroxyl groups excluding tert-OH is 1. The summed E-state index contributed by atoms with van der Waals surface area (Å²) in [5.74, 6) is 1.67. The molecule has 95 heavy (non-hydrogen) atoms. The van der Waals surface area contributed by atoms with Crippen molar-refractivity contribution in [1.29, 1.82) is 0 Å². The van der Waals surface area contributed by atoms with Gasteiger partial charge in [0.15, 0.2) is 11.5 Å². The monoisotopic (exact) mass is 1300 g/mol. The third kappa shape index (κ3) is 14.5. The van der Waals surface area contributed by atoms with E-state index in [-0.39, 0.29) is 54.3 Å². The van der Waals surface area contributed by atoms with Crippen LogP contribution in [0.4, 0.5) is 0 Å². The Kier molecular flexibility index (Phi) is 20.6. The van der Waals surface area contributed by atoms with Crippen molar-refractivity contribution in [2.24, 2.45) is 25.9 Å². The number of halogens is 1. The maximum absolute atomic E-state index is 13.0. The van der Waals surface area contributed by atoms with Crippen LogP contribution in [0.25, 0.3) is 32.7 Å². The van der Waals surface area contributed by atoms with Crippen molar-refractivity contribution < 1.29 is 33.8 Å². The standard InChI is InChI=1S/C21H27ClN2O2.C19H20N2O3.C18H24N4O.C18H19N3O/c22-20-8-6-19(7-9-20)21(18-4-2-1-3-5-18)24-12-10-23(11-13-24)14-16-26-17-15-25;22-18-10-21-12-5-11(18)6-13(21)8-14(7-12)24-19(23)16-9-20-17-4-2-1-3-15(16)17;1-21-13-6-5-7-14(21)11-12(10-13)19-18(23)17-15-8-3-4-9-16(15)22(2)20-17;1-12-19-9-10-21(12)11-13-7-8-16-17(18(13)22)14-5-3-4-6-15(14)20(16)2/h1-9,21,25H,10-17H2;1-4,9,11-14,20H,5-8,10H2;3-4,8-9,12-14H,5-7,10-11H2,1-2H3,(H,19,23);3-6,9-10,13H,7-8,11H2,1-2H3/t;11-,12+,13-,14-;12-,13+,14-;. The van der Waals surface area contributed by atoms with Crippen LogP contribution >= 0.6 is 11.6 Å². The quantitative estimate of drug-likeness (QED) is 0.0690. The second-order valence-corrected chi connectivity index (χ2v) is 27.5. The van der Waals surface area contributed by atoms with E-state index in [0.29, 0.717) is 61.0 Å². The zero-order valence-corrected chi connectivity index (χ0v) is 56.0. The number of para-hydroxylation sites is 3. The van der Waals surface area contributed by atoms with E-state index in [0.717, 1.165) is 140 Å². The van der Waals surface area contributed by atoms with Gasteiger partial charge < -0.3 is 38.9 Å². The van der Waals surface area contributed by atoms with Gasteiger partial charge in [0.2, 0.25) is 0 Å². The number of aromatic amines is 1. The van der Waals surface area contributed by atoms with Crippen molar-refractivity contribution in [3.63, 3.8) is 0 Å². The molecule has 7 fully saturated rings. The number of H-pyrrole nitrogens is 1. The highest BCUT2D eigenvalue weighted by molar-refractivity contribution is 6.30. The smallest absolute Gasteiger partial charge is 0.340 e. The molecule has 0 spiro atoms. The number of piperazine rings is 1. The van der Waals surface area contributed by atoms with E-state index >= 15 is 0 Å². The van der Waals surface area contributed by atoms with Crippen molar-refractivity contribution in [1.82, 2.24) is 53.8 Å². The number of aliphatic hydroxyl groups is 1. The highest BCUT2D eigenvalue weighted by atomic mass is 35.5. The number of hydrogen-bond acceptors (Lipinski definition) is 13. The highest BCUT2D eigenvalue weighted by Crippen LogP contribution is 2.43. The molecule has 4 aromatic heterocycles. The predicted molar refractivity (Wildman–Crippen MR) is 371 cm³/mol. The van der Waals surface area contributed by atoms with Gasteiger partial charge in [-0.25, -0.2) is 9.78 Å². The number of nitrogens with one attached hydrogen (secondary N) is 2. The first-order valence-corrected chi connectivity index (χ1v) is 34.7. The fourth-order valence-electron chi connectivity index (χ4n) is 16.4. The molecular weight excluding hydrogens is 1210 g/mol. The lowest BCUT2D eigenvalue weighted by atomic mass is 9.72. The molecule has 498 valence electrons. The van der Waals surface area contributed by atoms with Crippen molar-refractivity contribution >= 4 is 67.8 Å². The van der Waals surface area contributed by atoms with Gasteiger partial charge in [0.25, 0.3) is 5.91 Å². The van der Waals surface area contributed by atoms with Crippen LogP contribution in [0.2, 0.25) is 5.02 Å². The number of fused-ring (bicyclic) bond motifs is 8. The molecule has 8 aliphatic rings.